The van der Waals surface area contributed by atoms with Crippen LogP contribution in [0, 0.1) is 0 Å². The number of carbonyl (C=O) groups is 3. The molecular formula is C99H181Cl2N12O27P3Si4. The topological polar surface area (TPSA) is 521 Å². The Morgan fingerprint density at radius 2 is 0.782 bits per heavy atom. The van der Waals surface area contributed by atoms with Crippen LogP contribution in [-0.4, -0.2) is 224 Å². The Hall–Kier alpha value is -5.26. The van der Waals surface area contributed by atoms with E-state index >= 15 is 0 Å². The number of Topliss-reactive ketones (excluding diaryl/α,β-unsaturated/α-hetero) is 1. The number of unbranched alkanes of at least 4 members (excludes halogenated alkanes) is 6. The first-order valence-electron chi connectivity index (χ1n) is 52.5. The highest BCUT2D eigenvalue weighted by atomic mass is 35.5. The maximum atomic E-state index is 14.7. The number of aliphatic hydroxyl groups excluding tert-OH is 1. The predicted octanol–water partition coefficient (Wildman–Crippen LogP) is 14.2. The van der Waals surface area contributed by atoms with Gasteiger partial charge in [-0.15, -0.1) is 12.4 Å². The second kappa shape index (κ2) is 59.6. The van der Waals surface area contributed by atoms with E-state index in [9.17, 15) is 67.0 Å². The summed E-state index contributed by atoms with van der Waals surface area (Å²) in [4.78, 5) is 148. The monoisotopic (exact) mass is 2250 g/mol. The quantitative estimate of drug-likeness (QED) is 0.00508. The van der Waals surface area contributed by atoms with Crippen LogP contribution < -0.4 is 74.5 Å². The molecule has 0 bridgehead atoms. The smallest absolute Gasteiger partial charge is 0.330 e. The van der Waals surface area contributed by atoms with Crippen molar-refractivity contribution in [3.8, 4) is 0 Å². The van der Waals surface area contributed by atoms with Gasteiger partial charge in [0, 0.05) is 94.6 Å². The largest absolute Gasteiger partial charge is 1.00 e. The van der Waals surface area contributed by atoms with Gasteiger partial charge < -0.3 is 67.9 Å². The normalized spacial score (nSPS) is 23.9. The number of hydrazone groups is 1. The highest BCUT2D eigenvalue weighted by Gasteiger charge is 2.60. The molecular weight excluding hydrogens is 2070 g/mol. The van der Waals surface area contributed by atoms with Crippen molar-refractivity contribution >= 4 is 91.5 Å². The number of nitrogens with one attached hydrogen (secondary N) is 5. The minimum absolute atomic E-state index is 0. The number of hydrogen-bond donors (Lipinski definition) is 8. The van der Waals surface area contributed by atoms with Gasteiger partial charge in [0.05, 0.1) is 56.5 Å². The van der Waals surface area contributed by atoms with Gasteiger partial charge in [0.15, 0.2) is 47.7 Å². The molecule has 1 amide bonds. The molecule has 844 valence electrons. The summed E-state index contributed by atoms with van der Waals surface area (Å²) in [6.45, 7) is 60.0. The highest BCUT2D eigenvalue weighted by molar-refractivity contribution is 7.75. The summed E-state index contributed by atoms with van der Waals surface area (Å²) in [6.07, 6.45) is 11.5. The van der Waals surface area contributed by atoms with Crippen molar-refractivity contribution < 1.29 is 101 Å². The van der Waals surface area contributed by atoms with Gasteiger partial charge in [-0.05, 0) is 134 Å². The molecule has 0 saturated carbocycles. The fraction of sp³-hybridized carbons (Fsp3) is 0.798. The second-order valence-electron chi connectivity index (χ2n) is 44.3. The Labute approximate surface area is 886 Å². The summed E-state index contributed by atoms with van der Waals surface area (Å²) < 4.78 is 118. The van der Waals surface area contributed by atoms with E-state index in [4.69, 9.17) is 59.5 Å². The number of hydrogen-bond acceptors (Lipinski definition) is 30. The molecule has 0 spiro atoms. The average Bonchev–Trinajstić information content (AvgIpc) is 1.60. The van der Waals surface area contributed by atoms with Gasteiger partial charge in [-0.3, -0.25) is 102 Å². The van der Waals surface area contributed by atoms with Crippen LogP contribution in [0.5, 0.6) is 0 Å². The van der Waals surface area contributed by atoms with Crippen molar-refractivity contribution in [3.63, 3.8) is 0 Å². The Morgan fingerprint density at radius 3 is 1.11 bits per heavy atom. The number of rotatable bonds is 52. The number of amides is 1. The third-order valence-electron chi connectivity index (χ3n) is 29.8. The summed E-state index contributed by atoms with van der Waals surface area (Å²) in [6, 6.07) is 4.78. The SMILES string of the molecule is CCCCCC(=O)CCC(=O)O[C@@H]1C(O[Si](C(C)C)(C(C)C)C(C)C)[C@H](n2ccc(=O)[nH]c2=O)O[C@@H]1COP(C)(=O)O[C@@H]1C(O[Si](C)(C)C(C)(C)C)[C@H](n2ccc(=O)[nH]c2=O)O[C@@H]1CC.CCCC[P+](CCCC)(CCCC)CCCCC1=NNC(=O)CC1.CC[C@H]1O[C@@H](n2ccc(=O)[nH]c2=O)C(O[Si](C)(C)C(C)(C)C)[C@H]1OP(C)(=O)OC[C@H]1O[C@@H](n2ccc(=O)[nH]c2=O)C(O[Si](C(C)C)(C(C)C)C(C)C)[C@H]1O.Cl.NN.[Cl-]. The number of carbonyl (C=O) groups excluding carboxylic acids is 3. The molecule has 4 saturated heterocycles. The molecule has 9 rings (SSSR count). The Kier molecular flexibility index (Phi) is 54.3. The molecule has 0 aliphatic carbocycles. The van der Waals surface area contributed by atoms with Crippen LogP contribution in [0.3, 0.4) is 0 Å². The minimum atomic E-state index is -4.14. The molecule has 0 radical (unpaired) electrons. The van der Waals surface area contributed by atoms with Crippen molar-refractivity contribution in [2.24, 2.45) is 16.8 Å². The number of nitrogens with two attached hydrogens (primary N) is 2. The number of ether oxygens (including phenoxy) is 5. The van der Waals surface area contributed by atoms with Gasteiger partial charge in [-0.1, -0.05) is 198 Å². The van der Waals surface area contributed by atoms with Crippen LogP contribution in [0.4, 0.5) is 0 Å². The Bertz CT molecular complexity index is 5350. The molecule has 9 heterocycles. The number of esters is 1. The molecule has 39 nitrogen and oxygen atoms in total. The third-order valence-corrected chi connectivity index (χ3v) is 58.5. The number of aromatic nitrogens is 8. The lowest BCUT2D eigenvalue weighted by Gasteiger charge is -2.45. The van der Waals surface area contributed by atoms with E-state index in [2.05, 4.69) is 188 Å². The third kappa shape index (κ3) is 36.2. The number of aliphatic hydroxyl groups is 1. The number of ketones is 1. The first-order valence-corrected chi connectivity index (χ1v) is 69.1. The number of halogens is 2. The van der Waals surface area contributed by atoms with Crippen molar-refractivity contribution in [3.05, 3.63) is 132 Å². The Morgan fingerprint density at radius 1 is 0.456 bits per heavy atom. The maximum absolute atomic E-state index is 14.7. The van der Waals surface area contributed by atoms with Crippen LogP contribution >= 0.6 is 34.9 Å². The van der Waals surface area contributed by atoms with Crippen LogP contribution in [-0.2, 0) is 83.0 Å². The van der Waals surface area contributed by atoms with Gasteiger partial charge in [0.1, 0.15) is 60.7 Å². The van der Waals surface area contributed by atoms with Crippen LogP contribution in [0.15, 0.2) is 92.5 Å². The Balaban J connectivity index is 0.000000493. The molecule has 0 aromatic carbocycles. The molecule has 48 heteroatoms. The number of hydrazine groups is 1. The highest BCUT2D eigenvalue weighted by Crippen LogP contribution is 2.62. The first kappa shape index (κ1) is 134. The molecule has 5 aliphatic heterocycles. The minimum Gasteiger partial charge on any atom is -1.00 e. The van der Waals surface area contributed by atoms with Gasteiger partial charge >= 0.3 is 43.9 Å². The molecule has 4 fully saturated rings. The fourth-order valence-electron chi connectivity index (χ4n) is 20.1. The summed E-state index contributed by atoms with van der Waals surface area (Å²) in [5.41, 5.74) is -0.924. The number of nitrogens with zero attached hydrogens (tertiary/aromatic N) is 5. The van der Waals surface area contributed by atoms with Crippen molar-refractivity contribution in [2.75, 3.05) is 51.2 Å². The van der Waals surface area contributed by atoms with Crippen molar-refractivity contribution in [1.29, 1.82) is 0 Å². The molecule has 6 unspecified atom stereocenters. The summed E-state index contributed by atoms with van der Waals surface area (Å²) >= 11 is 0. The van der Waals surface area contributed by atoms with Crippen molar-refractivity contribution in [1.82, 2.24) is 43.6 Å². The molecule has 4 aromatic heterocycles. The lowest BCUT2D eigenvalue weighted by atomic mass is 10.1. The van der Waals surface area contributed by atoms with E-state index in [-0.39, 0.29) is 92.7 Å². The van der Waals surface area contributed by atoms with E-state index in [0.29, 0.717) is 25.7 Å². The van der Waals surface area contributed by atoms with E-state index in [1.54, 1.807) is 0 Å². The maximum Gasteiger partial charge on any atom is 0.330 e. The van der Waals surface area contributed by atoms with Gasteiger partial charge in [-0.25, -0.2) is 24.6 Å². The zero-order valence-electron chi connectivity index (χ0n) is 93.1. The van der Waals surface area contributed by atoms with Gasteiger partial charge in [0.25, 0.3) is 22.2 Å². The molecule has 18 atom stereocenters. The van der Waals surface area contributed by atoms with E-state index in [1.165, 1.54) is 162 Å². The first-order chi connectivity index (χ1) is 67.7. The van der Waals surface area contributed by atoms with E-state index in [1.807, 2.05) is 47.0 Å². The van der Waals surface area contributed by atoms with Crippen LogP contribution in [0.2, 0.25) is 69.5 Å². The summed E-state index contributed by atoms with van der Waals surface area (Å²) in [5, 5.41) is 15.5. The van der Waals surface area contributed by atoms with Crippen molar-refractivity contribution in [2.45, 2.75) is 456 Å². The number of aromatic amines is 4. The second-order valence-corrected chi connectivity index (χ2v) is 73.1. The van der Waals surface area contributed by atoms with E-state index in [0.717, 1.165) is 32.1 Å². The summed E-state index contributed by atoms with van der Waals surface area (Å²) in [5.74, 6) is 7.31. The fourth-order valence-corrected chi connectivity index (χ4v) is 41.3. The lowest BCUT2D eigenvalue weighted by Crippen LogP contribution is -3.00. The average molecular weight is 2250 g/mol. The summed E-state index contributed by atoms with van der Waals surface area (Å²) in [7, 11) is -19.6. The number of H-pyrrole nitrogens is 4. The molecule has 4 aromatic rings. The standard InChI is InChI=1S/C44H75N4O14PSi2.C35H61N4O12PSi2.C20H39N2OP.2ClH.H4N2/c1-15-17-18-19-30(49)20-21-35(52)59-36-32(58-40(47-24-22-33(50)45-42(47)53)38(36)62-65(27(3)4,28(5)6)29(7)8)26-56-63(12,55)60-37-31(16-2)57-41(48-25-23-34(51)46-43(48)54)39(37)61-64(13,14)44(9,10)11;1-14-23-28(30(50-53(12,13)35(8,9)10)32(47-23)39-18-16-26(41)37-34(39)44)49-52(11,45)46-19-24-27(42)29(51-54(20(2)3,21(4)5)22(6)7)31(48-24)38-17-15-25(40)36-33(38)43;1-4-7-15-24(16-8-5-2,17-9-6-3)18-11-10-12-19-13-14-20(23)22-21-19;;;1-2/h22-25,27-29,31-32,36-41H,15-21,26H2,1-14H3,(H,45,50,53)(H,46,51,54);15-18,20-24,27-32,42H,14,19H2,1-13H3,(H,36,40,43)(H,37,41,44);4-18H2,1-3H3;2*1H;1-2H2/t31-,32-,36+,37+,38?,39?,40-,41-,63?;23-,24-,27+,28+,29?,30?,31-,32-,52?;;;;/m11..../s1. The van der Waals surface area contributed by atoms with E-state index < -0.39 is 218 Å². The van der Waals surface area contributed by atoms with Crippen LogP contribution in [0.25, 0.3) is 0 Å². The lowest BCUT2D eigenvalue weighted by molar-refractivity contribution is -0.156. The zero-order chi connectivity index (χ0) is 109. The van der Waals surface area contributed by atoms with Gasteiger partial charge in [0.2, 0.25) is 22.5 Å². The molecule has 5 aliphatic rings. The zero-order valence-corrected chi connectivity index (χ0v) is 101. The van der Waals surface area contributed by atoms with Gasteiger partial charge in [-0.2, -0.15) is 5.10 Å². The molecule has 10 N–H and O–H groups in total. The molecule has 147 heavy (non-hydrogen) atoms. The van der Waals surface area contributed by atoms with Crippen LogP contribution in [0.1, 0.15) is 313 Å². The predicted molar refractivity (Wildman–Crippen MR) is 586 cm³/mol.